The fraction of sp³-hybridized carbons (Fsp3) is 0.463. The number of amides is 4. The molecule has 2 unspecified atom stereocenters. The number of aliphatic carboxylic acids is 2. The zero-order valence-electron chi connectivity index (χ0n) is 36.0. The number of nitrogens with zero attached hydrogens (tertiary/aromatic N) is 5. The van der Waals surface area contributed by atoms with E-state index in [1.54, 1.807) is 35.1 Å². The summed E-state index contributed by atoms with van der Waals surface area (Å²) in [6, 6.07) is 8.99. The van der Waals surface area contributed by atoms with Crippen molar-refractivity contribution in [2.24, 2.45) is 11.1 Å². The largest absolute Gasteiger partial charge is 0.508 e. The Hall–Kier alpha value is -6.53. The molecule has 352 valence electrons. The van der Waals surface area contributed by atoms with Gasteiger partial charge < -0.3 is 41.7 Å². The van der Waals surface area contributed by atoms with Crippen LogP contribution < -0.4 is 26.4 Å². The lowest BCUT2D eigenvalue weighted by Gasteiger charge is -2.31. The molecule has 4 rings (SSSR count). The van der Waals surface area contributed by atoms with Gasteiger partial charge in [0.05, 0.1) is 18.5 Å². The Morgan fingerprint density at radius 2 is 1.31 bits per heavy atom. The number of primary sulfonamides is 1. The number of benzene rings is 2. The molecule has 0 saturated carbocycles. The van der Waals surface area contributed by atoms with Gasteiger partial charge in [0.25, 0.3) is 10.0 Å². The molecule has 0 fully saturated rings. The highest BCUT2D eigenvalue weighted by Gasteiger charge is 2.32. The number of sulfonamides is 1. The van der Waals surface area contributed by atoms with Crippen molar-refractivity contribution in [3.63, 3.8) is 0 Å². The van der Waals surface area contributed by atoms with E-state index in [1.165, 1.54) is 24.3 Å². The Morgan fingerprint density at radius 3 is 1.83 bits per heavy atom. The Kier molecular flexibility index (Phi) is 18.4. The molecular formula is C41H54N10O12S2. The number of phenols is 2. The van der Waals surface area contributed by atoms with Crippen LogP contribution in [0.1, 0.15) is 95.4 Å². The third-order valence-corrected chi connectivity index (χ3v) is 12.7. The van der Waals surface area contributed by atoms with Gasteiger partial charge in [-0.1, -0.05) is 61.6 Å². The third kappa shape index (κ3) is 16.2. The number of carboxylic acid groups (broad SMARTS) is 2. The summed E-state index contributed by atoms with van der Waals surface area (Å²) in [7, 11) is -4.02. The summed E-state index contributed by atoms with van der Waals surface area (Å²) in [5.41, 5.74) is 1.32. The van der Waals surface area contributed by atoms with Gasteiger partial charge in [-0.25, -0.2) is 23.1 Å². The number of phenolic OH excluding ortho intramolecular Hbond substituents is 2. The fourth-order valence-electron chi connectivity index (χ4n) is 6.79. The van der Waals surface area contributed by atoms with E-state index in [4.69, 9.17) is 5.14 Å². The Morgan fingerprint density at radius 1 is 0.754 bits per heavy atom. The van der Waals surface area contributed by atoms with Gasteiger partial charge in [-0.2, -0.15) is 0 Å². The minimum Gasteiger partial charge on any atom is -0.508 e. The van der Waals surface area contributed by atoms with E-state index in [0.29, 0.717) is 55.7 Å². The molecule has 2 aromatic heterocycles. The first-order valence-electron chi connectivity index (χ1n) is 20.6. The quantitative estimate of drug-likeness (QED) is 0.0322. The first kappa shape index (κ1) is 51.1. The number of carboxylic acids is 2. The van der Waals surface area contributed by atoms with E-state index in [2.05, 4.69) is 41.8 Å². The number of aryl methyl sites for hydroxylation is 2. The van der Waals surface area contributed by atoms with Crippen LogP contribution in [0.2, 0.25) is 0 Å². The number of aromatic hydroxyl groups is 2. The molecule has 22 nitrogen and oxygen atoms in total. The second-order valence-corrected chi connectivity index (χ2v) is 18.7. The van der Waals surface area contributed by atoms with Crippen LogP contribution in [-0.4, -0.2) is 108 Å². The number of hydrogen-bond acceptors (Lipinski definition) is 15. The zero-order valence-corrected chi connectivity index (χ0v) is 37.6. The number of carbonyl (C=O) groups is 6. The van der Waals surface area contributed by atoms with Gasteiger partial charge >= 0.3 is 11.9 Å². The minimum atomic E-state index is -4.02. The summed E-state index contributed by atoms with van der Waals surface area (Å²) in [5.74, 6) is -5.73. The first-order chi connectivity index (χ1) is 30.6. The lowest BCUT2D eigenvalue weighted by atomic mass is 9.73. The second-order valence-electron chi connectivity index (χ2n) is 16.0. The molecule has 0 aliphatic rings. The van der Waals surface area contributed by atoms with Crippen molar-refractivity contribution in [1.82, 2.24) is 41.1 Å². The van der Waals surface area contributed by atoms with Crippen LogP contribution >= 0.6 is 11.3 Å². The molecule has 0 aliphatic heterocycles. The fourth-order valence-corrected chi connectivity index (χ4v) is 8.14. The number of carbonyl (C=O) groups excluding carboxylic acids is 4. The number of aromatic nitrogens is 5. The van der Waals surface area contributed by atoms with Crippen LogP contribution in [0.25, 0.3) is 0 Å². The summed E-state index contributed by atoms with van der Waals surface area (Å²) in [4.78, 5) is 75.6. The van der Waals surface area contributed by atoms with Gasteiger partial charge in [0.2, 0.25) is 33.1 Å². The Bertz CT molecular complexity index is 2340. The van der Waals surface area contributed by atoms with Crippen LogP contribution in [0.15, 0.2) is 59.1 Å². The van der Waals surface area contributed by atoms with Crippen molar-refractivity contribution in [1.29, 1.82) is 0 Å². The molecule has 0 spiro atoms. The molecule has 4 amide bonds. The molecule has 0 bridgehead atoms. The van der Waals surface area contributed by atoms with Gasteiger partial charge in [-0.15, -0.1) is 15.3 Å². The lowest BCUT2D eigenvalue weighted by molar-refractivity contribution is -0.145. The van der Waals surface area contributed by atoms with Crippen molar-refractivity contribution in [3.05, 3.63) is 71.5 Å². The summed E-state index contributed by atoms with van der Waals surface area (Å²) in [6.07, 6.45) is 3.16. The predicted molar refractivity (Wildman–Crippen MR) is 234 cm³/mol. The van der Waals surface area contributed by atoms with Gasteiger partial charge in [-0.05, 0) is 79.8 Å². The third-order valence-electron chi connectivity index (χ3n) is 10.5. The summed E-state index contributed by atoms with van der Waals surface area (Å²) in [5, 5.41) is 69.5. The van der Waals surface area contributed by atoms with Gasteiger partial charge in [-0.3, -0.25) is 23.9 Å². The van der Waals surface area contributed by atoms with Crippen LogP contribution in [0.5, 0.6) is 11.5 Å². The minimum absolute atomic E-state index is 0.0138. The molecule has 4 aromatic rings. The van der Waals surface area contributed by atoms with Crippen LogP contribution in [0.4, 0.5) is 5.13 Å². The summed E-state index contributed by atoms with van der Waals surface area (Å²) in [6.45, 7) is 6.15. The lowest BCUT2D eigenvalue weighted by Crippen LogP contribution is -2.49. The molecule has 2 heterocycles. The van der Waals surface area contributed by atoms with Crippen LogP contribution in [-0.2, 0) is 57.2 Å². The maximum atomic E-state index is 13.1. The standard InChI is InChI=1S/C41H54N10O12S2/c1-24(2)30(8-4-5-20-51-23-27(47-50-51)7-6-9-33(54)46-39-48-49-40(64-39)65(42,62)63)43-35(56)22-32(38(60)61)45-36(57)21-31(37(58)59)44-34(55)18-19-41(3,25-10-14-28(52)15-11-25)26-12-16-29(53)17-13-26/h10-17,23-24,30-32,52-53H,4-9,18-22H2,1-3H3,(H,43,56)(H,44,55)(H,45,57)(H,58,59)(H,60,61)(H2,42,62,63)(H,46,48,54)/t30-,31?,32?/m0/s1. The van der Waals surface area contributed by atoms with Crippen molar-refractivity contribution >= 4 is 62.1 Å². The molecule has 2 aromatic carbocycles. The average Bonchev–Trinajstić information content (AvgIpc) is 3.91. The Balaban J connectivity index is 1.20. The molecule has 0 saturated heterocycles. The predicted octanol–water partition coefficient (Wildman–Crippen LogP) is 2.17. The summed E-state index contributed by atoms with van der Waals surface area (Å²) >= 11 is 0.645. The highest BCUT2D eigenvalue weighted by Crippen LogP contribution is 2.38. The number of rotatable bonds is 26. The molecule has 3 atom stereocenters. The highest BCUT2D eigenvalue weighted by molar-refractivity contribution is 7.91. The van der Waals surface area contributed by atoms with E-state index in [-0.39, 0.29) is 53.8 Å². The van der Waals surface area contributed by atoms with Crippen LogP contribution in [0.3, 0.4) is 0 Å². The highest BCUT2D eigenvalue weighted by atomic mass is 32.2. The SMILES string of the molecule is CC(C)[C@H](CCCCn1cc(CCCC(=O)Nc2nnc(S(N)(=O)=O)s2)nn1)NC(=O)CC(NC(=O)CC(NC(=O)CCC(C)(c1ccc(O)cc1)c1ccc(O)cc1)C(=O)O)C(=O)O. The Labute approximate surface area is 378 Å². The number of nitrogens with one attached hydrogen (secondary N) is 4. The van der Waals surface area contributed by atoms with E-state index in [1.807, 2.05) is 20.8 Å². The van der Waals surface area contributed by atoms with E-state index in [0.717, 1.165) is 11.1 Å². The monoisotopic (exact) mass is 942 g/mol. The molecule has 0 aliphatic carbocycles. The topological polar surface area (TPSA) is 348 Å². The van der Waals surface area contributed by atoms with Crippen LogP contribution in [0, 0.1) is 5.92 Å². The zero-order chi connectivity index (χ0) is 47.9. The average molecular weight is 943 g/mol. The van der Waals surface area contributed by atoms with E-state index in [9.17, 15) is 57.6 Å². The maximum absolute atomic E-state index is 13.1. The van der Waals surface area contributed by atoms with Crippen molar-refractivity contribution < 1.29 is 57.6 Å². The summed E-state index contributed by atoms with van der Waals surface area (Å²) < 4.78 is 23.9. The molecule has 65 heavy (non-hydrogen) atoms. The normalized spacial score (nSPS) is 13.1. The van der Waals surface area contributed by atoms with Crippen molar-refractivity contribution in [2.75, 3.05) is 5.32 Å². The number of anilines is 1. The van der Waals surface area contributed by atoms with Crippen molar-refractivity contribution in [3.8, 4) is 11.5 Å². The van der Waals surface area contributed by atoms with Gasteiger partial charge in [0.15, 0.2) is 0 Å². The van der Waals surface area contributed by atoms with E-state index < -0.39 is 74.4 Å². The number of unbranched alkanes of at least 4 members (excludes halogenated alkanes) is 1. The first-order valence-corrected chi connectivity index (χ1v) is 23.0. The smallest absolute Gasteiger partial charge is 0.326 e. The molecule has 10 N–H and O–H groups in total. The molecule has 0 radical (unpaired) electrons. The second kappa shape index (κ2) is 23.4. The molecular weight excluding hydrogens is 889 g/mol. The molecule has 24 heteroatoms. The number of hydrogen-bond donors (Lipinski definition) is 9. The van der Waals surface area contributed by atoms with Gasteiger partial charge in [0, 0.05) is 37.0 Å². The van der Waals surface area contributed by atoms with Gasteiger partial charge in [0.1, 0.15) is 23.6 Å². The van der Waals surface area contributed by atoms with E-state index >= 15 is 0 Å². The van der Waals surface area contributed by atoms with Crippen molar-refractivity contribution in [2.45, 2.75) is 119 Å². The number of nitrogens with two attached hydrogens (primary N) is 1. The maximum Gasteiger partial charge on any atom is 0.326 e.